The second kappa shape index (κ2) is 7.29. The first-order chi connectivity index (χ1) is 15.3. The van der Waals surface area contributed by atoms with Gasteiger partial charge in [0.2, 0.25) is 0 Å². The normalized spacial score (nSPS) is 11.6. The molecule has 0 bridgehead atoms. The molecule has 150 valence electrons. The van der Waals surface area contributed by atoms with E-state index in [9.17, 15) is 4.79 Å². The molecule has 4 aromatic heterocycles. The van der Waals surface area contributed by atoms with Crippen LogP contribution in [-0.4, -0.2) is 29.1 Å². The van der Waals surface area contributed by atoms with E-state index in [4.69, 9.17) is 4.98 Å². The Morgan fingerprint density at radius 3 is 2.74 bits per heavy atom. The minimum Gasteiger partial charge on any atom is -0.269 e. The van der Waals surface area contributed by atoms with E-state index in [1.165, 1.54) is 23.1 Å². The first kappa shape index (κ1) is 18.2. The molecule has 6 aromatic rings. The molecule has 9 heteroatoms. The van der Waals surface area contributed by atoms with Gasteiger partial charge in [0, 0.05) is 11.8 Å². The van der Waals surface area contributed by atoms with Crippen molar-refractivity contribution in [3.8, 4) is 5.69 Å². The van der Waals surface area contributed by atoms with Gasteiger partial charge in [-0.1, -0.05) is 53.4 Å². The van der Waals surface area contributed by atoms with Crippen LogP contribution in [0.1, 0.15) is 5.69 Å². The Labute approximate surface area is 184 Å². The minimum atomic E-state index is -0.0669. The van der Waals surface area contributed by atoms with Crippen LogP contribution < -0.4 is 5.56 Å². The highest BCUT2D eigenvalue weighted by atomic mass is 32.2. The van der Waals surface area contributed by atoms with Crippen molar-refractivity contribution in [2.75, 3.05) is 0 Å². The van der Waals surface area contributed by atoms with Gasteiger partial charge in [0.25, 0.3) is 5.56 Å². The molecule has 0 fully saturated rings. The highest BCUT2D eigenvalue weighted by Gasteiger charge is 2.13. The Morgan fingerprint density at radius 2 is 1.84 bits per heavy atom. The lowest BCUT2D eigenvalue weighted by molar-refractivity contribution is 0.893. The van der Waals surface area contributed by atoms with Crippen LogP contribution >= 0.6 is 23.1 Å². The highest BCUT2D eigenvalue weighted by Crippen LogP contribution is 2.29. The summed E-state index contributed by atoms with van der Waals surface area (Å²) in [6, 6.07) is 19.3. The quantitative estimate of drug-likeness (QED) is 0.299. The maximum absolute atomic E-state index is 12.7. The summed E-state index contributed by atoms with van der Waals surface area (Å²) in [6.45, 7) is 0. The molecule has 0 radical (unpaired) electrons. The van der Waals surface area contributed by atoms with Crippen LogP contribution in [0.3, 0.4) is 0 Å². The second-order valence-corrected chi connectivity index (χ2v) is 8.84. The topological polar surface area (TPSA) is 78.0 Å². The molecule has 31 heavy (non-hydrogen) atoms. The van der Waals surface area contributed by atoms with Crippen molar-refractivity contribution >= 4 is 49.3 Å². The van der Waals surface area contributed by atoms with Crippen molar-refractivity contribution in [3.05, 3.63) is 89.2 Å². The second-order valence-electron chi connectivity index (χ2n) is 6.87. The van der Waals surface area contributed by atoms with Crippen LogP contribution in [-0.2, 0) is 5.75 Å². The molecule has 0 unspecified atom stereocenters. The van der Waals surface area contributed by atoms with Gasteiger partial charge < -0.3 is 0 Å². The largest absolute Gasteiger partial charge is 0.269 e. The Bertz CT molecular complexity index is 1620. The van der Waals surface area contributed by atoms with Crippen LogP contribution in [0.4, 0.5) is 0 Å². The van der Waals surface area contributed by atoms with Crippen molar-refractivity contribution in [1.82, 2.24) is 29.1 Å². The lowest BCUT2D eigenvalue weighted by Gasteiger charge is -2.04. The Balaban J connectivity index is 1.35. The first-order valence-electron chi connectivity index (χ1n) is 9.55. The van der Waals surface area contributed by atoms with Crippen LogP contribution in [0.15, 0.2) is 83.0 Å². The number of thioether (sulfide) groups is 1. The molecule has 0 aliphatic heterocycles. The SMILES string of the molecule is O=c1cc(CSc2ncnc3c2cnn3-c2ccccc2)nc2sc3ccccc3n12. The molecular weight excluding hydrogens is 428 g/mol. The predicted octanol–water partition coefficient (Wildman–Crippen LogP) is 4.33. The summed E-state index contributed by atoms with van der Waals surface area (Å²) in [7, 11) is 0. The van der Waals surface area contributed by atoms with Gasteiger partial charge in [-0.25, -0.2) is 19.6 Å². The summed E-state index contributed by atoms with van der Waals surface area (Å²) in [5.41, 5.74) is 3.24. The Kier molecular flexibility index (Phi) is 4.29. The molecule has 0 saturated carbocycles. The highest BCUT2D eigenvalue weighted by molar-refractivity contribution is 7.98. The fourth-order valence-electron chi connectivity index (χ4n) is 3.54. The minimum absolute atomic E-state index is 0.0669. The molecular formula is C22H14N6OS2. The van der Waals surface area contributed by atoms with Gasteiger partial charge in [-0.2, -0.15) is 5.10 Å². The molecule has 0 saturated heterocycles. The maximum Gasteiger partial charge on any atom is 0.259 e. The summed E-state index contributed by atoms with van der Waals surface area (Å²) >= 11 is 3.04. The van der Waals surface area contributed by atoms with Gasteiger partial charge in [0.05, 0.1) is 33.2 Å². The van der Waals surface area contributed by atoms with Gasteiger partial charge >= 0.3 is 0 Å². The zero-order valence-electron chi connectivity index (χ0n) is 16.0. The number of para-hydroxylation sites is 2. The standard InChI is InChI=1S/C22H14N6OS2/c29-19-10-14(26-22-27(19)17-8-4-5-9-18(17)31-22)12-30-21-16-11-25-28(20(16)23-13-24-21)15-6-2-1-3-7-15/h1-11,13H,12H2. The molecule has 0 spiro atoms. The summed E-state index contributed by atoms with van der Waals surface area (Å²) < 4.78 is 4.51. The third-order valence-corrected chi connectivity index (χ3v) is 7.00. The molecule has 0 N–H and O–H groups in total. The summed E-state index contributed by atoms with van der Waals surface area (Å²) in [4.78, 5) is 27.0. The number of thiazole rings is 1. The summed E-state index contributed by atoms with van der Waals surface area (Å²) in [5.74, 6) is 0.530. The van der Waals surface area contributed by atoms with Crippen LogP contribution in [0.2, 0.25) is 0 Å². The van der Waals surface area contributed by atoms with Gasteiger partial charge in [-0.15, -0.1) is 0 Å². The number of benzene rings is 2. The van der Waals surface area contributed by atoms with Crippen molar-refractivity contribution in [3.63, 3.8) is 0 Å². The van der Waals surface area contributed by atoms with Crippen LogP contribution in [0.25, 0.3) is 31.9 Å². The lowest BCUT2D eigenvalue weighted by Crippen LogP contribution is -2.13. The van der Waals surface area contributed by atoms with Crippen molar-refractivity contribution < 1.29 is 0 Å². The Morgan fingerprint density at radius 1 is 1.00 bits per heavy atom. The fourth-order valence-corrected chi connectivity index (χ4v) is 5.44. The third kappa shape index (κ3) is 3.09. The number of hydrogen-bond acceptors (Lipinski definition) is 7. The van der Waals surface area contributed by atoms with E-state index in [1.807, 2.05) is 54.6 Å². The van der Waals surface area contributed by atoms with Crippen molar-refractivity contribution in [2.45, 2.75) is 10.8 Å². The van der Waals surface area contributed by atoms with E-state index in [2.05, 4.69) is 15.1 Å². The Hall–Kier alpha value is -3.56. The zero-order valence-corrected chi connectivity index (χ0v) is 17.7. The average molecular weight is 443 g/mol. The van der Waals surface area contributed by atoms with Gasteiger partial charge in [0.1, 0.15) is 11.4 Å². The predicted molar refractivity (Wildman–Crippen MR) is 123 cm³/mol. The van der Waals surface area contributed by atoms with Gasteiger partial charge in [-0.3, -0.25) is 9.20 Å². The van der Waals surface area contributed by atoms with Gasteiger partial charge in [0.15, 0.2) is 10.6 Å². The van der Waals surface area contributed by atoms with Crippen molar-refractivity contribution in [2.24, 2.45) is 0 Å². The molecule has 2 aromatic carbocycles. The smallest absolute Gasteiger partial charge is 0.259 e. The maximum atomic E-state index is 12.7. The molecule has 0 amide bonds. The molecule has 0 atom stereocenters. The van der Waals surface area contributed by atoms with E-state index >= 15 is 0 Å². The number of aromatic nitrogens is 6. The van der Waals surface area contributed by atoms with E-state index in [-0.39, 0.29) is 5.56 Å². The molecule has 7 nitrogen and oxygen atoms in total. The number of nitrogens with zero attached hydrogens (tertiary/aromatic N) is 6. The monoisotopic (exact) mass is 442 g/mol. The summed E-state index contributed by atoms with van der Waals surface area (Å²) in [5, 5.41) is 6.18. The van der Waals surface area contributed by atoms with E-state index in [0.717, 1.165) is 37.7 Å². The van der Waals surface area contributed by atoms with E-state index in [0.29, 0.717) is 10.7 Å². The number of fused-ring (bicyclic) bond motifs is 4. The third-order valence-electron chi connectivity index (χ3n) is 4.94. The molecule has 4 heterocycles. The first-order valence-corrected chi connectivity index (χ1v) is 11.4. The average Bonchev–Trinajstić information content (AvgIpc) is 3.40. The lowest BCUT2D eigenvalue weighted by atomic mass is 10.3. The number of hydrogen-bond donors (Lipinski definition) is 0. The van der Waals surface area contributed by atoms with Crippen molar-refractivity contribution in [1.29, 1.82) is 0 Å². The van der Waals surface area contributed by atoms with E-state index in [1.54, 1.807) is 27.7 Å². The van der Waals surface area contributed by atoms with E-state index < -0.39 is 0 Å². The molecule has 0 aliphatic rings. The fraction of sp³-hybridized carbons (Fsp3) is 0.0455. The summed E-state index contributed by atoms with van der Waals surface area (Å²) in [6.07, 6.45) is 3.32. The van der Waals surface area contributed by atoms with Gasteiger partial charge in [-0.05, 0) is 24.3 Å². The number of rotatable bonds is 4. The zero-order chi connectivity index (χ0) is 20.8. The van der Waals surface area contributed by atoms with Crippen LogP contribution in [0.5, 0.6) is 0 Å². The molecule has 6 rings (SSSR count). The molecule has 0 aliphatic carbocycles. The van der Waals surface area contributed by atoms with Crippen LogP contribution in [0, 0.1) is 0 Å².